The summed E-state index contributed by atoms with van der Waals surface area (Å²) in [6.45, 7) is 1.82. The van der Waals surface area contributed by atoms with Crippen LogP contribution in [-0.2, 0) is 11.3 Å². The predicted octanol–water partition coefficient (Wildman–Crippen LogP) is 4.25. The first-order chi connectivity index (χ1) is 14.6. The Morgan fingerprint density at radius 2 is 1.87 bits per heavy atom. The molecule has 0 unspecified atom stereocenters. The van der Waals surface area contributed by atoms with Crippen LogP contribution in [0.15, 0.2) is 75.8 Å². The first-order valence-corrected chi connectivity index (χ1v) is 9.10. The van der Waals surface area contributed by atoms with E-state index in [-0.39, 0.29) is 24.2 Å². The van der Waals surface area contributed by atoms with Gasteiger partial charge in [-0.05, 0) is 55.5 Å². The van der Waals surface area contributed by atoms with Crippen LogP contribution in [0.1, 0.15) is 32.4 Å². The molecule has 1 amide bonds. The third kappa shape index (κ3) is 4.44. The number of hydrogen-bond acceptors (Lipinski definition) is 7. The van der Waals surface area contributed by atoms with E-state index >= 15 is 0 Å². The van der Waals surface area contributed by atoms with Crippen LogP contribution in [0, 0.1) is 6.92 Å². The lowest BCUT2D eigenvalue weighted by atomic mass is 10.1. The fourth-order valence-electron chi connectivity index (χ4n) is 2.71. The van der Waals surface area contributed by atoms with Crippen molar-refractivity contribution in [3.63, 3.8) is 0 Å². The summed E-state index contributed by atoms with van der Waals surface area (Å²) in [6, 6.07) is 17.1. The standard InChI is InChI=1S/C22H17N3O5/c1-14-4-2-5-16(12-14)21-25-24-19(30-21)13-29-22(27)15-7-9-17(10-8-15)23-20(26)18-6-3-11-28-18/h2-12H,13H2,1H3,(H,23,26). The molecule has 0 atom stereocenters. The number of carbonyl (C=O) groups excluding carboxylic acids is 2. The van der Waals surface area contributed by atoms with Crippen LogP contribution >= 0.6 is 0 Å². The molecule has 0 aliphatic rings. The van der Waals surface area contributed by atoms with Gasteiger partial charge in [0, 0.05) is 11.3 Å². The van der Waals surface area contributed by atoms with Gasteiger partial charge in [-0.3, -0.25) is 4.79 Å². The molecule has 4 aromatic rings. The van der Waals surface area contributed by atoms with Crippen molar-refractivity contribution in [3.05, 3.63) is 89.7 Å². The second-order valence-electron chi connectivity index (χ2n) is 6.46. The van der Waals surface area contributed by atoms with E-state index in [4.69, 9.17) is 13.6 Å². The fraction of sp³-hybridized carbons (Fsp3) is 0.0909. The van der Waals surface area contributed by atoms with E-state index in [1.807, 2.05) is 31.2 Å². The Hall–Kier alpha value is -4.20. The van der Waals surface area contributed by atoms with Crippen molar-refractivity contribution in [2.75, 3.05) is 5.32 Å². The number of aromatic nitrogens is 2. The van der Waals surface area contributed by atoms with Gasteiger partial charge in [0.05, 0.1) is 11.8 Å². The van der Waals surface area contributed by atoms with Gasteiger partial charge in [0.1, 0.15) is 0 Å². The summed E-state index contributed by atoms with van der Waals surface area (Å²) < 4.78 is 15.8. The number of anilines is 1. The van der Waals surface area contributed by atoms with Crippen molar-refractivity contribution in [3.8, 4) is 11.5 Å². The van der Waals surface area contributed by atoms with Crippen LogP contribution in [0.2, 0.25) is 0 Å². The second-order valence-corrected chi connectivity index (χ2v) is 6.46. The Balaban J connectivity index is 1.34. The van der Waals surface area contributed by atoms with E-state index in [0.29, 0.717) is 17.1 Å². The van der Waals surface area contributed by atoms with Gasteiger partial charge < -0.3 is 18.9 Å². The summed E-state index contributed by atoms with van der Waals surface area (Å²) in [6.07, 6.45) is 1.42. The molecule has 0 spiro atoms. The third-order valence-electron chi connectivity index (χ3n) is 4.18. The molecule has 8 nitrogen and oxygen atoms in total. The number of carbonyl (C=O) groups is 2. The molecular formula is C22H17N3O5. The summed E-state index contributed by atoms with van der Waals surface area (Å²) in [7, 11) is 0. The zero-order valence-corrected chi connectivity index (χ0v) is 16.0. The normalized spacial score (nSPS) is 10.6. The predicted molar refractivity (Wildman–Crippen MR) is 107 cm³/mol. The van der Waals surface area contributed by atoms with E-state index in [0.717, 1.165) is 11.1 Å². The lowest BCUT2D eigenvalue weighted by Crippen LogP contribution is -2.11. The van der Waals surface area contributed by atoms with Crippen LogP contribution in [0.25, 0.3) is 11.5 Å². The lowest BCUT2D eigenvalue weighted by Gasteiger charge is -2.05. The van der Waals surface area contributed by atoms with Gasteiger partial charge in [0.15, 0.2) is 12.4 Å². The Bertz CT molecular complexity index is 1160. The van der Waals surface area contributed by atoms with Crippen LogP contribution < -0.4 is 5.32 Å². The zero-order valence-electron chi connectivity index (χ0n) is 16.0. The molecule has 0 saturated heterocycles. The highest BCUT2D eigenvalue weighted by molar-refractivity contribution is 6.02. The van der Waals surface area contributed by atoms with Gasteiger partial charge in [0.25, 0.3) is 11.8 Å². The van der Waals surface area contributed by atoms with E-state index in [2.05, 4.69) is 15.5 Å². The molecule has 0 fully saturated rings. The zero-order chi connectivity index (χ0) is 20.9. The van der Waals surface area contributed by atoms with Crippen molar-refractivity contribution >= 4 is 17.6 Å². The first kappa shape index (κ1) is 19.1. The maximum absolute atomic E-state index is 12.2. The molecule has 0 bridgehead atoms. The van der Waals surface area contributed by atoms with E-state index in [1.54, 1.807) is 36.4 Å². The van der Waals surface area contributed by atoms with Gasteiger partial charge in [-0.15, -0.1) is 10.2 Å². The van der Waals surface area contributed by atoms with Crippen molar-refractivity contribution in [2.24, 2.45) is 0 Å². The molecule has 2 heterocycles. The van der Waals surface area contributed by atoms with Crippen molar-refractivity contribution in [1.29, 1.82) is 0 Å². The Labute approximate surface area is 171 Å². The lowest BCUT2D eigenvalue weighted by molar-refractivity contribution is 0.0438. The first-order valence-electron chi connectivity index (χ1n) is 9.10. The van der Waals surface area contributed by atoms with Crippen LogP contribution in [-0.4, -0.2) is 22.1 Å². The number of esters is 1. The summed E-state index contributed by atoms with van der Waals surface area (Å²) in [5.41, 5.74) is 2.71. The SMILES string of the molecule is Cc1cccc(-c2nnc(COC(=O)c3ccc(NC(=O)c4ccco4)cc3)o2)c1. The van der Waals surface area contributed by atoms with Crippen molar-refractivity contribution in [1.82, 2.24) is 10.2 Å². The van der Waals surface area contributed by atoms with Gasteiger partial charge in [-0.1, -0.05) is 17.7 Å². The summed E-state index contributed by atoms with van der Waals surface area (Å²) in [4.78, 5) is 24.2. The van der Waals surface area contributed by atoms with Crippen LogP contribution in [0.4, 0.5) is 5.69 Å². The molecular weight excluding hydrogens is 386 g/mol. The Morgan fingerprint density at radius 3 is 2.60 bits per heavy atom. The second kappa shape index (κ2) is 8.44. The molecule has 8 heteroatoms. The maximum atomic E-state index is 12.2. The molecule has 30 heavy (non-hydrogen) atoms. The molecule has 0 radical (unpaired) electrons. The quantitative estimate of drug-likeness (QED) is 0.480. The number of hydrogen-bond donors (Lipinski definition) is 1. The Morgan fingerprint density at radius 1 is 1.03 bits per heavy atom. The Kier molecular flexibility index (Phi) is 5.38. The van der Waals surface area contributed by atoms with Crippen molar-refractivity contribution < 1.29 is 23.2 Å². The highest BCUT2D eigenvalue weighted by atomic mass is 16.5. The van der Waals surface area contributed by atoms with Gasteiger partial charge in [-0.2, -0.15) is 0 Å². The summed E-state index contributed by atoms with van der Waals surface area (Å²) in [5.74, 6) is -0.169. The molecule has 0 saturated carbocycles. The summed E-state index contributed by atoms with van der Waals surface area (Å²) in [5, 5.41) is 10.6. The average molecular weight is 403 g/mol. The largest absolute Gasteiger partial charge is 0.459 e. The highest BCUT2D eigenvalue weighted by Crippen LogP contribution is 2.19. The van der Waals surface area contributed by atoms with E-state index < -0.39 is 5.97 Å². The van der Waals surface area contributed by atoms with E-state index in [1.165, 1.54) is 6.26 Å². The number of rotatable bonds is 6. The summed E-state index contributed by atoms with van der Waals surface area (Å²) >= 11 is 0. The maximum Gasteiger partial charge on any atom is 0.338 e. The number of nitrogens with zero attached hydrogens (tertiary/aromatic N) is 2. The number of benzene rings is 2. The number of ether oxygens (including phenoxy) is 1. The smallest absolute Gasteiger partial charge is 0.338 e. The number of amides is 1. The fourth-order valence-corrected chi connectivity index (χ4v) is 2.71. The van der Waals surface area contributed by atoms with Crippen LogP contribution in [0.3, 0.4) is 0 Å². The molecule has 2 aromatic carbocycles. The topological polar surface area (TPSA) is 107 Å². The molecule has 150 valence electrons. The number of nitrogens with one attached hydrogen (secondary N) is 1. The van der Waals surface area contributed by atoms with E-state index in [9.17, 15) is 9.59 Å². The van der Waals surface area contributed by atoms with Gasteiger partial charge in [-0.25, -0.2) is 4.79 Å². The minimum absolute atomic E-state index is 0.144. The van der Waals surface area contributed by atoms with Crippen LogP contribution in [0.5, 0.6) is 0 Å². The average Bonchev–Trinajstić information content (AvgIpc) is 3.45. The molecule has 2 aromatic heterocycles. The number of furan rings is 1. The molecule has 4 rings (SSSR count). The molecule has 1 N–H and O–H groups in total. The third-order valence-corrected chi connectivity index (χ3v) is 4.18. The monoisotopic (exact) mass is 403 g/mol. The minimum atomic E-state index is -0.547. The molecule has 0 aliphatic carbocycles. The van der Waals surface area contributed by atoms with Crippen molar-refractivity contribution in [2.45, 2.75) is 13.5 Å². The van der Waals surface area contributed by atoms with Gasteiger partial charge in [0.2, 0.25) is 5.89 Å². The van der Waals surface area contributed by atoms with Gasteiger partial charge >= 0.3 is 5.97 Å². The minimum Gasteiger partial charge on any atom is -0.459 e. The molecule has 0 aliphatic heterocycles. The highest BCUT2D eigenvalue weighted by Gasteiger charge is 2.13. The number of aryl methyl sites for hydroxylation is 1.